The van der Waals surface area contributed by atoms with E-state index < -0.39 is 41.0 Å². The van der Waals surface area contributed by atoms with E-state index in [-0.39, 0.29) is 79.6 Å². The first-order valence-corrected chi connectivity index (χ1v) is 35.3. The Morgan fingerprint density at radius 3 is 1.32 bits per heavy atom. The number of carbonyl (C=O) groups excluding carboxylic acids is 6. The molecular weight excluding hydrogens is 1310 g/mol. The molecule has 7 rings (SSSR count). The Bertz CT molecular complexity index is 3280. The minimum absolute atomic E-state index is 0.0122. The lowest BCUT2D eigenvalue weighted by atomic mass is 9.84. The third-order valence-corrected chi connectivity index (χ3v) is 17.3. The van der Waals surface area contributed by atoms with Gasteiger partial charge in [0.15, 0.2) is 40.3 Å². The van der Waals surface area contributed by atoms with Crippen LogP contribution in [-0.2, 0) is 34.9 Å². The summed E-state index contributed by atoms with van der Waals surface area (Å²) in [5.74, 6) is 1.77. The van der Waals surface area contributed by atoms with Gasteiger partial charge in [0.2, 0.25) is 0 Å². The van der Waals surface area contributed by atoms with E-state index in [2.05, 4.69) is 5.32 Å². The predicted octanol–water partition coefficient (Wildman–Crippen LogP) is 9.74. The van der Waals surface area contributed by atoms with Crippen LogP contribution in [0.25, 0.3) is 0 Å². The van der Waals surface area contributed by atoms with E-state index in [9.17, 15) is 39.0 Å². The predicted molar refractivity (Wildman–Crippen MR) is 389 cm³/mol. The van der Waals surface area contributed by atoms with E-state index in [1.54, 1.807) is 149 Å². The number of hydrogen-bond donors (Lipinski definition) is 3. The third-order valence-electron chi connectivity index (χ3n) is 17.3. The molecule has 25 nitrogen and oxygen atoms in total. The number of aliphatic hydroxyl groups excluding tert-OH is 1. The monoisotopic (exact) mass is 1430 g/mol. The summed E-state index contributed by atoms with van der Waals surface area (Å²) >= 11 is 0. The van der Waals surface area contributed by atoms with Crippen molar-refractivity contribution < 1.29 is 91.1 Å². The second-order valence-electron chi connectivity index (χ2n) is 28.7. The first-order chi connectivity index (χ1) is 48.3. The zero-order valence-electron chi connectivity index (χ0n) is 63.6. The molecule has 5 amide bonds. The molecule has 0 unspecified atom stereocenters. The average molecular weight is 1430 g/mol. The normalized spacial score (nSPS) is 18.0. The number of ketones is 1. The van der Waals surface area contributed by atoms with Gasteiger partial charge in [0.25, 0.3) is 17.7 Å². The summed E-state index contributed by atoms with van der Waals surface area (Å²) in [4.78, 5) is 86.0. The molecule has 0 spiro atoms. The fourth-order valence-electron chi connectivity index (χ4n) is 11.8. The van der Waals surface area contributed by atoms with Gasteiger partial charge in [-0.2, -0.15) is 0 Å². The number of amides is 5. The van der Waals surface area contributed by atoms with Gasteiger partial charge in [0, 0.05) is 159 Å². The summed E-state index contributed by atoms with van der Waals surface area (Å²) in [6.45, 7) is 28.4. The summed E-state index contributed by atoms with van der Waals surface area (Å²) in [7, 11) is 9.59. The number of likely N-dealkylation sites (tertiary alicyclic amines) is 2. The van der Waals surface area contributed by atoms with Gasteiger partial charge in [-0.1, -0.05) is 30.3 Å². The van der Waals surface area contributed by atoms with Gasteiger partial charge in [-0.15, -0.1) is 0 Å². The fourth-order valence-corrected chi connectivity index (χ4v) is 11.8. The number of carbonyl (C=O) groups is 6. The molecule has 4 aromatic carbocycles. The van der Waals surface area contributed by atoms with E-state index in [0.29, 0.717) is 143 Å². The number of aliphatic hydroxyl groups is 2. The van der Waals surface area contributed by atoms with Crippen molar-refractivity contribution in [1.82, 2.24) is 29.8 Å². The second kappa shape index (κ2) is 40.8. The molecule has 0 aromatic heterocycles. The van der Waals surface area contributed by atoms with E-state index in [1.165, 1.54) is 9.80 Å². The minimum Gasteiger partial charge on any atom is -0.493 e. The third kappa shape index (κ3) is 26.1. The number of benzene rings is 4. The molecule has 25 heteroatoms. The maximum absolute atomic E-state index is 13.6. The summed E-state index contributed by atoms with van der Waals surface area (Å²) in [6.07, 6.45) is 0.991. The Balaban J connectivity index is 0.000000275. The number of rotatable bonds is 32. The Labute approximate surface area is 604 Å². The van der Waals surface area contributed by atoms with E-state index in [0.717, 1.165) is 12.0 Å². The zero-order chi connectivity index (χ0) is 75.5. The molecule has 0 saturated carbocycles. The molecule has 3 N–H and O–H groups in total. The number of hydrogen-bond acceptors (Lipinski definition) is 20. The van der Waals surface area contributed by atoms with Crippen molar-refractivity contribution in [3.63, 3.8) is 0 Å². The molecule has 3 aliphatic rings. The largest absolute Gasteiger partial charge is 0.493 e. The Morgan fingerprint density at radius 2 is 0.931 bits per heavy atom. The van der Waals surface area contributed by atoms with Crippen molar-refractivity contribution in [3.05, 3.63) is 107 Å². The zero-order valence-corrected chi connectivity index (χ0v) is 63.6. The second-order valence-corrected chi connectivity index (χ2v) is 28.7. The van der Waals surface area contributed by atoms with Gasteiger partial charge >= 0.3 is 12.2 Å². The molecule has 0 radical (unpaired) electrons. The van der Waals surface area contributed by atoms with Crippen LogP contribution in [0.1, 0.15) is 139 Å². The van der Waals surface area contributed by atoms with E-state index in [1.807, 2.05) is 76.8 Å². The average Bonchev–Trinajstić information content (AvgIpc) is 1.62. The smallest absolute Gasteiger partial charge is 0.410 e. The van der Waals surface area contributed by atoms with Crippen LogP contribution in [0.3, 0.4) is 0 Å². The van der Waals surface area contributed by atoms with Crippen molar-refractivity contribution in [2.24, 2.45) is 17.8 Å². The fraction of sp³-hybridized carbons (Fsp3) is 0.610. The van der Waals surface area contributed by atoms with Gasteiger partial charge in [-0.3, -0.25) is 19.2 Å². The standard InChI is InChI=1S/C27H38N2O5.C25H40N2O7.C25H38N2O7/c1-20(2)29(18-23-17-28-19-27(23,31)16-21-9-6-5-7-10-21)26(30)22-11-12-24(33-4)25(15-22)34-14-8-13-32-3;2*1-17(2)27(15-19-14-26(16-20(19)28)24(30)34-25(3,4)5)23(29)18-9-10-21(32-7)22(13-18)33-12-8-11-31-6/h5-7,9-12,15,20,23,28,31H,8,13-14,16-19H2,1-4H3;9-10,13,17,19-20,28H,8,11-12,14-16H2,1-7H3;9-10,13,17,19H,8,11-12,14-16H2,1-7H3/t23-,27-;19-,20+;19-/m000/s1. The molecule has 3 saturated heterocycles. The number of methoxy groups -OCH3 is 6. The highest BCUT2D eigenvalue weighted by Crippen LogP contribution is 2.35. The summed E-state index contributed by atoms with van der Waals surface area (Å²) in [5, 5.41) is 25.4. The molecule has 102 heavy (non-hydrogen) atoms. The molecule has 3 fully saturated rings. The van der Waals surface area contributed by atoms with Crippen LogP contribution in [0.2, 0.25) is 0 Å². The highest BCUT2D eigenvalue weighted by atomic mass is 16.6. The highest BCUT2D eigenvalue weighted by Gasteiger charge is 2.44. The lowest BCUT2D eigenvalue weighted by molar-refractivity contribution is -0.120. The van der Waals surface area contributed by atoms with E-state index in [4.69, 9.17) is 52.1 Å². The Hall–Kier alpha value is -7.94. The number of ether oxygens (including phenoxy) is 11. The first kappa shape index (κ1) is 84.7. The number of β-amino-alcohol motifs (C(OH)–C–C–N with tert-alkyl or cyclic N) is 2. The molecular formula is C77H116N6O19. The molecule has 3 heterocycles. The van der Waals surface area contributed by atoms with Gasteiger partial charge in [-0.05, 0) is 143 Å². The maximum atomic E-state index is 13.6. The Morgan fingerprint density at radius 1 is 0.529 bits per heavy atom. The van der Waals surface area contributed by atoms with Crippen LogP contribution in [0.15, 0.2) is 84.9 Å². The lowest BCUT2D eigenvalue weighted by Gasteiger charge is -2.35. The summed E-state index contributed by atoms with van der Waals surface area (Å²) in [5.41, 5.74) is 0.358. The SMILES string of the molecule is COCCCOc1cc(C(=O)N(C[C@@H]2CN(C(=O)OC(C)(C)C)CC2=O)C(C)C)ccc1OC.COCCCOc1cc(C(=O)N(C[C@@H]2CN(C(=O)OC(C)(C)C)C[C@H]2O)C(C)C)ccc1OC.COCCCOc1cc(C(=O)N(C[C@@H]2CNC[C@@]2(O)Cc2ccccc2)C(C)C)ccc1OC. The molecule has 0 bridgehead atoms. The highest BCUT2D eigenvalue weighted by molar-refractivity contribution is 5.97. The van der Waals surface area contributed by atoms with Gasteiger partial charge in [0.05, 0.1) is 71.9 Å². The topological polar surface area (TPSA) is 273 Å². The van der Waals surface area contributed by atoms with Crippen molar-refractivity contribution in [2.45, 2.75) is 150 Å². The molecule has 0 aliphatic carbocycles. The molecule has 3 aliphatic heterocycles. The van der Waals surface area contributed by atoms with Crippen molar-refractivity contribution in [2.75, 3.05) is 141 Å². The van der Waals surface area contributed by atoms with Crippen molar-refractivity contribution in [1.29, 1.82) is 0 Å². The van der Waals surface area contributed by atoms with Crippen LogP contribution in [0.4, 0.5) is 9.59 Å². The molecule has 5 atom stereocenters. The number of nitrogens with one attached hydrogen (secondary N) is 1. The van der Waals surface area contributed by atoms with Crippen LogP contribution in [0.5, 0.6) is 34.5 Å². The van der Waals surface area contributed by atoms with Gasteiger partial charge in [-0.25, -0.2) is 9.59 Å². The van der Waals surface area contributed by atoms with Crippen molar-refractivity contribution >= 4 is 35.7 Å². The van der Waals surface area contributed by atoms with Gasteiger partial charge in [0.1, 0.15) is 11.2 Å². The van der Waals surface area contributed by atoms with Gasteiger partial charge < -0.3 is 92.1 Å². The van der Waals surface area contributed by atoms with Crippen molar-refractivity contribution in [3.8, 4) is 34.5 Å². The number of nitrogens with zero attached hydrogens (tertiary/aromatic N) is 5. The van der Waals surface area contributed by atoms with E-state index >= 15 is 0 Å². The van der Waals surface area contributed by atoms with Crippen LogP contribution >= 0.6 is 0 Å². The maximum Gasteiger partial charge on any atom is 0.410 e. The summed E-state index contributed by atoms with van der Waals surface area (Å²) < 4.78 is 59.6. The van der Waals surface area contributed by atoms with Crippen LogP contribution < -0.4 is 33.7 Å². The first-order valence-electron chi connectivity index (χ1n) is 35.3. The molecule has 4 aromatic rings. The van der Waals surface area contributed by atoms with Crippen LogP contribution in [-0.4, -0.2) is 253 Å². The van der Waals surface area contributed by atoms with Crippen LogP contribution in [0, 0.1) is 17.8 Å². The Kier molecular flexibility index (Phi) is 33.9. The lowest BCUT2D eigenvalue weighted by Crippen LogP contribution is -2.48. The quantitative estimate of drug-likeness (QED) is 0.0384. The number of Topliss-reactive ketones (excluding diaryl/α,β-unsaturated/α-hetero) is 1. The minimum atomic E-state index is -0.912. The summed E-state index contributed by atoms with van der Waals surface area (Å²) in [6, 6.07) is 25.1. The molecule has 568 valence electrons.